The molecule has 2 aliphatic carbocycles. The molecular weight excluding hydrogens is 428 g/mol. The topological polar surface area (TPSA) is 66.5 Å². The van der Waals surface area contributed by atoms with Crippen molar-refractivity contribution in [3.63, 3.8) is 0 Å². The highest BCUT2D eigenvalue weighted by molar-refractivity contribution is 9.10. The molecule has 3 aliphatic rings. The lowest BCUT2D eigenvalue weighted by Gasteiger charge is -2.32. The van der Waals surface area contributed by atoms with Gasteiger partial charge in [0, 0.05) is 29.5 Å². The monoisotopic (exact) mass is 454 g/mol. The van der Waals surface area contributed by atoms with Gasteiger partial charge in [-0.15, -0.1) is 0 Å². The maximum atomic E-state index is 12.7. The van der Waals surface area contributed by atoms with Crippen molar-refractivity contribution in [2.45, 2.75) is 50.3 Å². The average molecular weight is 455 g/mol. The van der Waals surface area contributed by atoms with Crippen LogP contribution < -0.4 is 5.32 Å². The van der Waals surface area contributed by atoms with Crippen molar-refractivity contribution in [3.05, 3.63) is 34.3 Å². The fourth-order valence-electron chi connectivity index (χ4n) is 5.05. The third kappa shape index (κ3) is 4.40. The molecule has 3 atom stereocenters. The summed E-state index contributed by atoms with van der Waals surface area (Å²) in [6.07, 6.45) is 6.22. The van der Waals surface area contributed by atoms with E-state index in [1.54, 1.807) is 4.31 Å². The van der Waals surface area contributed by atoms with E-state index in [0.717, 1.165) is 22.4 Å². The van der Waals surface area contributed by atoms with Crippen molar-refractivity contribution in [1.82, 2.24) is 9.62 Å². The molecule has 0 aromatic heterocycles. The van der Waals surface area contributed by atoms with Crippen LogP contribution in [0, 0.1) is 17.8 Å². The smallest absolute Gasteiger partial charge is 0.223 e. The minimum atomic E-state index is -3.35. The molecule has 1 N–H and O–H groups in total. The predicted octanol–water partition coefficient (Wildman–Crippen LogP) is 3.30. The number of fused-ring (bicyclic) bond motifs is 2. The van der Waals surface area contributed by atoms with Gasteiger partial charge in [-0.3, -0.25) is 4.79 Å². The molecule has 0 unspecified atom stereocenters. The van der Waals surface area contributed by atoms with E-state index in [4.69, 9.17) is 0 Å². The van der Waals surface area contributed by atoms with Crippen LogP contribution in [0.15, 0.2) is 28.7 Å². The number of nitrogens with zero attached hydrogens (tertiary/aromatic N) is 1. The van der Waals surface area contributed by atoms with Crippen LogP contribution in [0.3, 0.4) is 0 Å². The molecule has 2 bridgehead atoms. The number of sulfonamides is 1. The SMILES string of the molecule is O=C(N[C@@H]1C[C@H]2CC[C@H]1C2)C1CCN(S(=O)(=O)Cc2cccc(Br)c2)CC1. The van der Waals surface area contributed by atoms with E-state index in [0.29, 0.717) is 37.9 Å². The summed E-state index contributed by atoms with van der Waals surface area (Å²) in [4.78, 5) is 12.6. The van der Waals surface area contributed by atoms with E-state index in [-0.39, 0.29) is 17.6 Å². The molecule has 2 saturated carbocycles. The zero-order valence-electron chi connectivity index (χ0n) is 15.4. The van der Waals surface area contributed by atoms with Crippen molar-refractivity contribution in [2.75, 3.05) is 13.1 Å². The number of piperidine rings is 1. The fourth-order valence-corrected chi connectivity index (χ4v) is 7.04. The summed E-state index contributed by atoms with van der Waals surface area (Å²) >= 11 is 3.38. The zero-order chi connectivity index (χ0) is 19.0. The molecule has 3 fully saturated rings. The van der Waals surface area contributed by atoms with Crippen LogP contribution in [0.25, 0.3) is 0 Å². The van der Waals surface area contributed by atoms with Crippen LogP contribution >= 0.6 is 15.9 Å². The molecule has 1 aromatic carbocycles. The Labute approximate surface area is 170 Å². The number of carbonyl (C=O) groups excluding carboxylic acids is 1. The van der Waals surface area contributed by atoms with Gasteiger partial charge in [-0.05, 0) is 61.6 Å². The van der Waals surface area contributed by atoms with Crippen molar-refractivity contribution in [1.29, 1.82) is 0 Å². The molecule has 1 saturated heterocycles. The van der Waals surface area contributed by atoms with Gasteiger partial charge in [0.15, 0.2) is 0 Å². The Morgan fingerprint density at radius 2 is 1.93 bits per heavy atom. The first-order chi connectivity index (χ1) is 12.9. The molecule has 5 nitrogen and oxygen atoms in total. The highest BCUT2D eigenvalue weighted by Crippen LogP contribution is 2.44. The second-order valence-electron chi connectivity index (χ2n) is 8.35. The molecule has 148 valence electrons. The van der Waals surface area contributed by atoms with Crippen molar-refractivity contribution in [3.8, 4) is 0 Å². The van der Waals surface area contributed by atoms with Crippen LogP contribution in [-0.4, -0.2) is 37.8 Å². The van der Waals surface area contributed by atoms with Crippen molar-refractivity contribution in [2.24, 2.45) is 17.8 Å². The molecule has 0 radical (unpaired) electrons. The summed E-state index contributed by atoms with van der Waals surface area (Å²) in [7, 11) is -3.35. The predicted molar refractivity (Wildman–Crippen MR) is 108 cm³/mol. The van der Waals surface area contributed by atoms with Crippen LogP contribution in [-0.2, 0) is 20.6 Å². The lowest BCUT2D eigenvalue weighted by Crippen LogP contribution is -2.46. The van der Waals surface area contributed by atoms with Gasteiger partial charge in [0.2, 0.25) is 15.9 Å². The Morgan fingerprint density at radius 3 is 2.56 bits per heavy atom. The van der Waals surface area contributed by atoms with Gasteiger partial charge in [-0.2, -0.15) is 0 Å². The summed E-state index contributed by atoms with van der Waals surface area (Å²) in [5.74, 6) is 1.57. The first kappa shape index (κ1) is 19.4. The van der Waals surface area contributed by atoms with Crippen LogP contribution in [0.2, 0.25) is 0 Å². The minimum Gasteiger partial charge on any atom is -0.353 e. The van der Waals surface area contributed by atoms with E-state index < -0.39 is 10.0 Å². The first-order valence-corrected chi connectivity index (χ1v) is 12.3. The number of rotatable bonds is 5. The van der Waals surface area contributed by atoms with Crippen molar-refractivity contribution < 1.29 is 13.2 Å². The highest BCUT2D eigenvalue weighted by atomic mass is 79.9. The second kappa shape index (κ2) is 7.84. The van der Waals surface area contributed by atoms with Gasteiger partial charge >= 0.3 is 0 Å². The molecule has 4 rings (SSSR count). The number of benzene rings is 1. The summed E-state index contributed by atoms with van der Waals surface area (Å²) in [5, 5.41) is 3.27. The Balaban J connectivity index is 1.29. The van der Waals surface area contributed by atoms with Crippen LogP contribution in [0.4, 0.5) is 0 Å². The number of hydrogen-bond acceptors (Lipinski definition) is 3. The second-order valence-corrected chi connectivity index (χ2v) is 11.2. The molecule has 0 spiro atoms. The fraction of sp³-hybridized carbons (Fsp3) is 0.650. The molecule has 1 aliphatic heterocycles. The summed E-state index contributed by atoms with van der Waals surface area (Å²) in [6.45, 7) is 0.871. The van der Waals surface area contributed by atoms with Gasteiger partial charge in [0.05, 0.1) is 5.75 Å². The summed E-state index contributed by atoms with van der Waals surface area (Å²) < 4.78 is 27.9. The Morgan fingerprint density at radius 1 is 1.15 bits per heavy atom. The normalized spacial score (nSPS) is 29.1. The standard InChI is InChI=1S/C20H27BrN2O3S/c21-18-3-1-2-15(11-18)13-27(25,26)23-8-6-16(7-9-23)20(24)22-19-12-14-4-5-17(19)10-14/h1-3,11,14,16-17,19H,4-10,12-13H2,(H,22,24)/t14-,17-,19+/m0/s1. The molecule has 1 aromatic rings. The minimum absolute atomic E-state index is 0.00838. The van der Waals surface area contributed by atoms with E-state index in [2.05, 4.69) is 21.2 Å². The number of hydrogen-bond donors (Lipinski definition) is 1. The van der Waals surface area contributed by atoms with E-state index in [1.165, 1.54) is 19.3 Å². The third-order valence-corrected chi connectivity index (χ3v) is 8.87. The Bertz CT molecular complexity index is 805. The molecular formula is C20H27BrN2O3S. The van der Waals surface area contributed by atoms with Gasteiger partial charge in [0.25, 0.3) is 0 Å². The van der Waals surface area contributed by atoms with Gasteiger partial charge < -0.3 is 5.32 Å². The van der Waals surface area contributed by atoms with Crippen LogP contribution in [0.5, 0.6) is 0 Å². The highest BCUT2D eigenvalue weighted by Gasteiger charge is 2.41. The molecule has 7 heteroatoms. The third-order valence-electron chi connectivity index (χ3n) is 6.52. The lowest BCUT2D eigenvalue weighted by atomic mass is 9.93. The maximum Gasteiger partial charge on any atom is 0.223 e. The number of carbonyl (C=O) groups is 1. The van der Waals surface area contributed by atoms with E-state index >= 15 is 0 Å². The van der Waals surface area contributed by atoms with E-state index in [1.807, 2.05) is 24.3 Å². The Hall–Kier alpha value is -0.920. The largest absolute Gasteiger partial charge is 0.353 e. The summed E-state index contributed by atoms with van der Waals surface area (Å²) in [5.41, 5.74) is 0.778. The number of nitrogens with one attached hydrogen (secondary N) is 1. The number of halogens is 1. The quantitative estimate of drug-likeness (QED) is 0.741. The number of amides is 1. The zero-order valence-corrected chi connectivity index (χ0v) is 17.8. The van der Waals surface area contributed by atoms with Gasteiger partial charge in [-0.25, -0.2) is 12.7 Å². The molecule has 1 amide bonds. The molecule has 1 heterocycles. The molecule has 27 heavy (non-hydrogen) atoms. The summed E-state index contributed by atoms with van der Waals surface area (Å²) in [6, 6.07) is 7.76. The first-order valence-electron chi connectivity index (χ1n) is 9.93. The van der Waals surface area contributed by atoms with E-state index in [9.17, 15) is 13.2 Å². The van der Waals surface area contributed by atoms with Gasteiger partial charge in [-0.1, -0.05) is 34.5 Å². The maximum absolute atomic E-state index is 12.7. The lowest BCUT2D eigenvalue weighted by molar-refractivity contribution is -0.127. The van der Waals surface area contributed by atoms with Gasteiger partial charge in [0.1, 0.15) is 0 Å². The average Bonchev–Trinajstić information content (AvgIpc) is 3.24. The van der Waals surface area contributed by atoms with Crippen molar-refractivity contribution >= 4 is 31.9 Å². The Kier molecular flexibility index (Phi) is 5.63. The van der Waals surface area contributed by atoms with Crippen LogP contribution in [0.1, 0.15) is 44.1 Å².